The van der Waals surface area contributed by atoms with Gasteiger partial charge in [-0.25, -0.2) is 4.98 Å². The first-order valence-electron chi connectivity index (χ1n) is 9.40. The molecule has 1 atom stereocenters. The van der Waals surface area contributed by atoms with Crippen molar-refractivity contribution in [3.05, 3.63) is 46.1 Å². The van der Waals surface area contributed by atoms with Crippen molar-refractivity contribution in [2.24, 2.45) is 5.73 Å². The van der Waals surface area contributed by atoms with Gasteiger partial charge in [0.2, 0.25) is 5.91 Å². The van der Waals surface area contributed by atoms with E-state index in [0.29, 0.717) is 15.6 Å². The van der Waals surface area contributed by atoms with Crippen LogP contribution in [0.4, 0.5) is 5.00 Å². The summed E-state index contributed by atoms with van der Waals surface area (Å²) in [5.74, 6) is 0.245. The molecule has 152 valence electrons. The lowest BCUT2D eigenvalue weighted by Gasteiger charge is -2.34. The molecular formula is C20H21ClN4O3S. The molecule has 7 nitrogen and oxygen atoms in total. The van der Waals surface area contributed by atoms with Crippen molar-refractivity contribution < 1.29 is 14.0 Å². The van der Waals surface area contributed by atoms with E-state index >= 15 is 0 Å². The van der Waals surface area contributed by atoms with E-state index in [0.717, 1.165) is 42.9 Å². The van der Waals surface area contributed by atoms with Crippen LogP contribution in [0.1, 0.15) is 41.9 Å². The average molecular weight is 433 g/mol. The molecule has 1 saturated heterocycles. The molecule has 1 aliphatic rings. The van der Waals surface area contributed by atoms with Crippen LogP contribution < -0.4 is 11.1 Å². The molecule has 3 N–H and O–H groups in total. The first-order chi connectivity index (χ1) is 13.9. The number of halogens is 1. The summed E-state index contributed by atoms with van der Waals surface area (Å²) in [6, 6.07) is 6.73. The standard InChI is InChI=1S/C20H21ClN4O3S/c1-11(18(27)24-20-14(17(22)26)6-9-29-20)25-7-4-12(5-8-25)19-23-15-10-13(21)2-3-16(15)28-19/h2-3,6,9-12H,4-5,7-8H2,1H3,(H2,22,26)(H,24,27). The third kappa shape index (κ3) is 4.14. The Hall–Kier alpha value is -2.42. The van der Waals surface area contributed by atoms with Crippen molar-refractivity contribution in [1.82, 2.24) is 9.88 Å². The highest BCUT2D eigenvalue weighted by Gasteiger charge is 2.30. The Bertz CT molecular complexity index is 1060. The minimum absolute atomic E-state index is 0.148. The highest BCUT2D eigenvalue weighted by atomic mass is 35.5. The van der Waals surface area contributed by atoms with Crippen LogP contribution in [-0.4, -0.2) is 40.8 Å². The number of nitrogens with one attached hydrogen (secondary N) is 1. The lowest BCUT2D eigenvalue weighted by atomic mass is 9.95. The fourth-order valence-corrected chi connectivity index (χ4v) is 4.57. The van der Waals surface area contributed by atoms with Crippen molar-refractivity contribution in [1.29, 1.82) is 0 Å². The van der Waals surface area contributed by atoms with E-state index in [2.05, 4.69) is 15.2 Å². The van der Waals surface area contributed by atoms with E-state index in [1.807, 2.05) is 13.0 Å². The van der Waals surface area contributed by atoms with Crippen LogP contribution in [0, 0.1) is 0 Å². The van der Waals surface area contributed by atoms with Gasteiger partial charge in [0.25, 0.3) is 5.91 Å². The number of carbonyl (C=O) groups is 2. The Balaban J connectivity index is 1.37. The number of thiophene rings is 1. The van der Waals surface area contributed by atoms with Gasteiger partial charge in [0, 0.05) is 10.9 Å². The summed E-state index contributed by atoms with van der Waals surface area (Å²) in [5.41, 5.74) is 7.19. The van der Waals surface area contributed by atoms with E-state index in [1.54, 1.807) is 23.6 Å². The van der Waals surface area contributed by atoms with E-state index in [1.165, 1.54) is 11.3 Å². The number of anilines is 1. The van der Waals surface area contributed by atoms with Gasteiger partial charge in [-0.15, -0.1) is 11.3 Å². The maximum absolute atomic E-state index is 12.6. The van der Waals surface area contributed by atoms with Gasteiger partial charge in [-0.2, -0.15) is 0 Å². The van der Waals surface area contributed by atoms with Crippen LogP contribution in [0.15, 0.2) is 34.1 Å². The number of fused-ring (bicyclic) bond motifs is 1. The largest absolute Gasteiger partial charge is 0.440 e. The van der Waals surface area contributed by atoms with Crippen LogP contribution in [0.5, 0.6) is 0 Å². The van der Waals surface area contributed by atoms with E-state index < -0.39 is 5.91 Å². The molecule has 29 heavy (non-hydrogen) atoms. The quantitative estimate of drug-likeness (QED) is 0.637. The van der Waals surface area contributed by atoms with Crippen LogP contribution in [-0.2, 0) is 4.79 Å². The maximum atomic E-state index is 12.6. The second-order valence-electron chi connectivity index (χ2n) is 7.17. The van der Waals surface area contributed by atoms with E-state index in [-0.39, 0.29) is 17.9 Å². The molecule has 1 aliphatic heterocycles. The third-order valence-electron chi connectivity index (χ3n) is 5.34. The van der Waals surface area contributed by atoms with Gasteiger partial charge in [-0.1, -0.05) is 11.6 Å². The topological polar surface area (TPSA) is 101 Å². The first-order valence-corrected chi connectivity index (χ1v) is 10.7. The Morgan fingerprint density at radius 3 is 2.83 bits per heavy atom. The Kier molecular flexibility index (Phi) is 5.58. The molecule has 4 rings (SSSR count). The van der Waals surface area contributed by atoms with Gasteiger partial charge < -0.3 is 15.5 Å². The van der Waals surface area contributed by atoms with Crippen molar-refractivity contribution in [3.8, 4) is 0 Å². The number of amides is 2. The summed E-state index contributed by atoms with van der Waals surface area (Å²) in [4.78, 5) is 30.8. The summed E-state index contributed by atoms with van der Waals surface area (Å²) in [7, 11) is 0. The van der Waals surface area contributed by atoms with Crippen molar-refractivity contribution in [3.63, 3.8) is 0 Å². The molecule has 9 heteroatoms. The van der Waals surface area contributed by atoms with Crippen LogP contribution >= 0.6 is 22.9 Å². The number of aromatic nitrogens is 1. The zero-order chi connectivity index (χ0) is 20.5. The predicted molar refractivity (Wildman–Crippen MR) is 113 cm³/mol. The number of nitrogens with zero attached hydrogens (tertiary/aromatic N) is 2. The molecule has 0 saturated carbocycles. The zero-order valence-electron chi connectivity index (χ0n) is 15.9. The van der Waals surface area contributed by atoms with Gasteiger partial charge in [0.1, 0.15) is 10.5 Å². The fourth-order valence-electron chi connectivity index (χ4n) is 3.61. The molecule has 0 bridgehead atoms. The molecule has 2 amide bonds. The molecule has 3 aromatic rings. The normalized spacial score (nSPS) is 16.8. The summed E-state index contributed by atoms with van der Waals surface area (Å²) >= 11 is 7.31. The Morgan fingerprint density at radius 1 is 1.34 bits per heavy atom. The number of rotatable bonds is 5. The average Bonchev–Trinajstić information content (AvgIpc) is 3.34. The lowest BCUT2D eigenvalue weighted by molar-refractivity contribution is -0.121. The van der Waals surface area contributed by atoms with Crippen molar-refractivity contribution in [2.75, 3.05) is 18.4 Å². The number of nitrogens with two attached hydrogens (primary N) is 1. The van der Waals surface area contributed by atoms with Crippen molar-refractivity contribution >= 4 is 50.9 Å². The lowest BCUT2D eigenvalue weighted by Crippen LogP contribution is -2.45. The minimum Gasteiger partial charge on any atom is -0.440 e. The number of carbonyl (C=O) groups excluding carboxylic acids is 2. The fraction of sp³-hybridized carbons (Fsp3) is 0.350. The number of benzene rings is 1. The molecule has 1 aromatic carbocycles. The molecule has 0 radical (unpaired) electrons. The van der Waals surface area contributed by atoms with Gasteiger partial charge in [-0.05, 0) is 62.5 Å². The third-order valence-corrected chi connectivity index (χ3v) is 6.40. The monoisotopic (exact) mass is 432 g/mol. The van der Waals surface area contributed by atoms with E-state index in [4.69, 9.17) is 21.8 Å². The first kappa shape index (κ1) is 19.9. The summed E-state index contributed by atoms with van der Waals surface area (Å²) in [6.07, 6.45) is 1.70. The molecule has 1 fully saturated rings. The smallest absolute Gasteiger partial charge is 0.251 e. The van der Waals surface area contributed by atoms with Crippen molar-refractivity contribution in [2.45, 2.75) is 31.7 Å². The molecular weight excluding hydrogens is 412 g/mol. The van der Waals surface area contributed by atoms with E-state index in [9.17, 15) is 9.59 Å². The SMILES string of the molecule is CC(C(=O)Nc1sccc1C(N)=O)N1CCC(c2nc3cc(Cl)ccc3o2)CC1. The highest BCUT2D eigenvalue weighted by Crippen LogP contribution is 2.31. The minimum atomic E-state index is -0.547. The van der Waals surface area contributed by atoms with Crippen LogP contribution in [0.3, 0.4) is 0 Å². The van der Waals surface area contributed by atoms with Crippen LogP contribution in [0.25, 0.3) is 11.1 Å². The second kappa shape index (κ2) is 8.14. The maximum Gasteiger partial charge on any atom is 0.251 e. The Labute approximate surface area is 176 Å². The molecule has 0 spiro atoms. The molecule has 2 aromatic heterocycles. The number of likely N-dealkylation sites (tertiary alicyclic amines) is 1. The summed E-state index contributed by atoms with van der Waals surface area (Å²) in [6.45, 7) is 3.38. The number of piperidine rings is 1. The van der Waals surface area contributed by atoms with Crippen LogP contribution in [0.2, 0.25) is 5.02 Å². The van der Waals surface area contributed by atoms with Gasteiger partial charge in [0.05, 0.1) is 11.6 Å². The molecule has 0 aliphatic carbocycles. The second-order valence-corrected chi connectivity index (χ2v) is 8.52. The number of hydrogen-bond acceptors (Lipinski definition) is 6. The predicted octanol–water partition coefficient (Wildman–Crippen LogP) is 3.85. The molecule has 1 unspecified atom stereocenters. The number of hydrogen-bond donors (Lipinski definition) is 2. The summed E-state index contributed by atoms with van der Waals surface area (Å²) < 4.78 is 5.90. The van der Waals surface area contributed by atoms with Gasteiger partial charge >= 0.3 is 0 Å². The highest BCUT2D eigenvalue weighted by molar-refractivity contribution is 7.14. The van der Waals surface area contributed by atoms with Gasteiger partial charge in [0.15, 0.2) is 11.5 Å². The summed E-state index contributed by atoms with van der Waals surface area (Å²) in [5, 5.41) is 5.70. The van der Waals surface area contributed by atoms with Gasteiger partial charge in [-0.3, -0.25) is 14.5 Å². The zero-order valence-corrected chi connectivity index (χ0v) is 17.4. The molecule has 3 heterocycles. The Morgan fingerprint density at radius 2 is 2.10 bits per heavy atom. The number of oxazole rings is 1. The number of primary amides is 1.